The number of anilines is 1. The highest BCUT2D eigenvalue weighted by atomic mass is 32.2. The first-order valence-electron chi connectivity index (χ1n) is 7.14. The average molecular weight is 330 g/mol. The highest BCUT2D eigenvalue weighted by Gasteiger charge is 2.07. The summed E-state index contributed by atoms with van der Waals surface area (Å²) >= 11 is 0. The Kier molecular flexibility index (Phi) is 5.54. The van der Waals surface area contributed by atoms with Gasteiger partial charge in [0.1, 0.15) is 0 Å². The van der Waals surface area contributed by atoms with E-state index in [1.54, 1.807) is 24.3 Å². The van der Waals surface area contributed by atoms with Crippen molar-refractivity contribution in [3.8, 4) is 0 Å². The molecule has 0 bridgehead atoms. The number of benzene rings is 2. The van der Waals surface area contributed by atoms with Crippen molar-refractivity contribution in [3.05, 3.63) is 71.1 Å². The van der Waals surface area contributed by atoms with Crippen LogP contribution in [0.1, 0.15) is 22.8 Å². The van der Waals surface area contributed by atoms with Crippen molar-refractivity contribution in [3.63, 3.8) is 0 Å². The first-order chi connectivity index (χ1) is 11.0. The van der Waals surface area contributed by atoms with Crippen molar-refractivity contribution >= 4 is 27.7 Å². The van der Waals surface area contributed by atoms with Crippen molar-refractivity contribution < 1.29 is 13.2 Å². The Morgan fingerprint density at radius 2 is 1.70 bits per heavy atom. The first-order valence-corrected chi connectivity index (χ1v) is 8.69. The van der Waals surface area contributed by atoms with Gasteiger partial charge >= 0.3 is 0 Å². The summed E-state index contributed by atoms with van der Waals surface area (Å²) in [6.45, 7) is 2.37. The van der Waals surface area contributed by atoms with Gasteiger partial charge in [-0.15, -0.1) is 0 Å². The fourth-order valence-corrected chi connectivity index (χ4v) is 2.75. The van der Waals surface area contributed by atoms with Crippen LogP contribution in [0.4, 0.5) is 5.69 Å². The Labute approximate surface area is 136 Å². The van der Waals surface area contributed by atoms with Gasteiger partial charge in [-0.25, -0.2) is 8.42 Å². The second-order valence-electron chi connectivity index (χ2n) is 4.80. The Hall–Kier alpha value is -2.60. The normalized spacial score (nSPS) is 11.3. The molecule has 0 aliphatic heterocycles. The highest BCUT2D eigenvalue weighted by molar-refractivity contribution is 7.95. The van der Waals surface area contributed by atoms with Gasteiger partial charge in [-0.1, -0.05) is 30.3 Å². The standard InChI is InChI=1S/C17H18N2O3S/c1-2-18-17(20)15-8-10-16(11-9-15)19-23(21,22)13-12-14-6-4-3-5-7-14/h3-13,19H,2H2,1H3,(H,18,20)/b13-12+. The van der Waals surface area contributed by atoms with Crippen LogP contribution >= 0.6 is 0 Å². The molecule has 0 saturated carbocycles. The van der Waals surface area contributed by atoms with Gasteiger partial charge in [0.05, 0.1) is 5.41 Å². The first kappa shape index (κ1) is 16.8. The predicted molar refractivity (Wildman–Crippen MR) is 92.5 cm³/mol. The summed E-state index contributed by atoms with van der Waals surface area (Å²) in [7, 11) is -3.61. The molecule has 120 valence electrons. The lowest BCUT2D eigenvalue weighted by Gasteiger charge is -2.06. The zero-order chi connectivity index (χ0) is 16.7. The van der Waals surface area contributed by atoms with Gasteiger partial charge in [0.15, 0.2) is 0 Å². The molecular weight excluding hydrogens is 312 g/mol. The Balaban J connectivity index is 2.06. The van der Waals surface area contributed by atoms with Gasteiger partial charge in [0.25, 0.3) is 15.9 Å². The highest BCUT2D eigenvalue weighted by Crippen LogP contribution is 2.13. The van der Waals surface area contributed by atoms with Crippen LogP contribution < -0.4 is 10.0 Å². The summed E-state index contributed by atoms with van der Waals surface area (Å²) in [4.78, 5) is 11.6. The summed E-state index contributed by atoms with van der Waals surface area (Å²) in [6.07, 6.45) is 1.52. The zero-order valence-corrected chi connectivity index (χ0v) is 13.5. The van der Waals surface area contributed by atoms with Gasteiger partial charge in [-0.2, -0.15) is 0 Å². The molecule has 1 amide bonds. The molecule has 2 aromatic rings. The minimum absolute atomic E-state index is 0.189. The minimum atomic E-state index is -3.61. The molecule has 0 heterocycles. The number of hydrogen-bond donors (Lipinski definition) is 2. The van der Waals surface area contributed by atoms with Crippen LogP contribution in [-0.2, 0) is 10.0 Å². The molecule has 0 aliphatic rings. The molecule has 0 aromatic heterocycles. The fraction of sp³-hybridized carbons (Fsp3) is 0.118. The molecule has 2 N–H and O–H groups in total. The summed E-state index contributed by atoms with van der Waals surface area (Å²) in [5, 5.41) is 3.79. The second kappa shape index (κ2) is 7.60. The quantitative estimate of drug-likeness (QED) is 0.855. The van der Waals surface area contributed by atoms with Crippen molar-refractivity contribution in [2.75, 3.05) is 11.3 Å². The van der Waals surface area contributed by atoms with E-state index in [0.29, 0.717) is 17.8 Å². The van der Waals surface area contributed by atoms with E-state index < -0.39 is 10.0 Å². The Morgan fingerprint density at radius 3 is 2.30 bits per heavy atom. The number of carbonyl (C=O) groups excluding carboxylic acids is 1. The van der Waals surface area contributed by atoms with Gasteiger partial charge in [-0.3, -0.25) is 9.52 Å². The average Bonchev–Trinajstić information content (AvgIpc) is 2.55. The van der Waals surface area contributed by atoms with E-state index in [0.717, 1.165) is 11.0 Å². The molecule has 0 spiro atoms. The maximum atomic E-state index is 12.0. The number of amides is 1. The predicted octanol–water partition coefficient (Wildman–Crippen LogP) is 2.85. The molecule has 23 heavy (non-hydrogen) atoms. The van der Waals surface area contributed by atoms with Crippen molar-refractivity contribution in [2.45, 2.75) is 6.92 Å². The van der Waals surface area contributed by atoms with Crippen LogP contribution in [0, 0.1) is 0 Å². The summed E-state index contributed by atoms with van der Waals surface area (Å²) in [5.41, 5.74) is 1.68. The molecular formula is C17H18N2O3S. The molecule has 0 unspecified atom stereocenters. The van der Waals surface area contributed by atoms with Crippen LogP contribution in [0.3, 0.4) is 0 Å². The SMILES string of the molecule is CCNC(=O)c1ccc(NS(=O)(=O)/C=C/c2ccccc2)cc1. The number of hydrogen-bond acceptors (Lipinski definition) is 3. The topological polar surface area (TPSA) is 75.3 Å². The summed E-state index contributed by atoms with van der Waals surface area (Å²) in [5.74, 6) is -0.189. The van der Waals surface area contributed by atoms with Crippen molar-refractivity contribution in [2.24, 2.45) is 0 Å². The summed E-state index contributed by atoms with van der Waals surface area (Å²) in [6, 6.07) is 15.4. The largest absolute Gasteiger partial charge is 0.352 e. The lowest BCUT2D eigenvalue weighted by Crippen LogP contribution is -2.22. The van der Waals surface area contributed by atoms with Gasteiger partial charge in [0.2, 0.25) is 0 Å². The molecule has 2 rings (SSSR count). The maximum absolute atomic E-state index is 12.0. The number of carbonyl (C=O) groups is 1. The lowest BCUT2D eigenvalue weighted by atomic mass is 10.2. The van der Waals surface area contributed by atoms with Gasteiger partial charge in [-0.05, 0) is 42.8 Å². The molecule has 2 aromatic carbocycles. The van der Waals surface area contributed by atoms with Gasteiger partial charge < -0.3 is 5.32 Å². The number of nitrogens with one attached hydrogen (secondary N) is 2. The van der Waals surface area contributed by atoms with Crippen LogP contribution in [0.15, 0.2) is 60.0 Å². The minimum Gasteiger partial charge on any atom is -0.352 e. The molecule has 0 radical (unpaired) electrons. The summed E-state index contributed by atoms with van der Waals surface area (Å²) < 4.78 is 26.5. The number of sulfonamides is 1. The second-order valence-corrected chi connectivity index (χ2v) is 6.36. The molecule has 0 aliphatic carbocycles. The van der Waals surface area contributed by atoms with Crippen molar-refractivity contribution in [1.82, 2.24) is 5.32 Å². The van der Waals surface area contributed by atoms with E-state index in [4.69, 9.17) is 0 Å². The molecule has 0 saturated heterocycles. The monoisotopic (exact) mass is 330 g/mol. The Morgan fingerprint density at radius 1 is 1.04 bits per heavy atom. The molecule has 0 atom stereocenters. The van der Waals surface area contributed by atoms with E-state index in [2.05, 4.69) is 10.0 Å². The third kappa shape index (κ3) is 5.27. The zero-order valence-electron chi connectivity index (χ0n) is 12.7. The Bertz CT molecular complexity index is 782. The van der Waals surface area contributed by atoms with E-state index in [9.17, 15) is 13.2 Å². The molecule has 5 nitrogen and oxygen atoms in total. The van der Waals surface area contributed by atoms with Crippen LogP contribution in [0.25, 0.3) is 6.08 Å². The lowest BCUT2D eigenvalue weighted by molar-refractivity contribution is 0.0956. The smallest absolute Gasteiger partial charge is 0.255 e. The van der Waals surface area contributed by atoms with Gasteiger partial charge in [0, 0.05) is 17.8 Å². The van der Waals surface area contributed by atoms with E-state index >= 15 is 0 Å². The van der Waals surface area contributed by atoms with Crippen LogP contribution in [0.5, 0.6) is 0 Å². The number of rotatable bonds is 6. The maximum Gasteiger partial charge on any atom is 0.255 e. The van der Waals surface area contributed by atoms with Crippen LogP contribution in [0.2, 0.25) is 0 Å². The third-order valence-electron chi connectivity index (χ3n) is 2.98. The fourth-order valence-electron chi connectivity index (χ4n) is 1.88. The van der Waals surface area contributed by atoms with Crippen LogP contribution in [-0.4, -0.2) is 20.9 Å². The van der Waals surface area contributed by atoms with E-state index in [-0.39, 0.29) is 5.91 Å². The van der Waals surface area contributed by atoms with E-state index in [1.807, 2.05) is 37.3 Å². The molecule has 0 fully saturated rings. The van der Waals surface area contributed by atoms with Crippen molar-refractivity contribution in [1.29, 1.82) is 0 Å². The third-order valence-corrected chi connectivity index (χ3v) is 4.00. The van der Waals surface area contributed by atoms with E-state index in [1.165, 1.54) is 6.08 Å². The molecule has 6 heteroatoms.